The first-order valence-electron chi connectivity index (χ1n) is 9.15. The molecule has 0 aromatic heterocycles. The monoisotopic (exact) mass is 413 g/mol. The SMILES string of the molecule is COC1(C(=O)Nc2ccc(CC(=O)N3CCSCC3)cc2)CCNCC1.Cl. The molecule has 8 heteroatoms. The molecule has 2 aliphatic heterocycles. The van der Waals surface area contributed by atoms with Crippen LogP contribution in [-0.2, 0) is 20.7 Å². The Balaban J connectivity index is 0.00000261. The van der Waals surface area contributed by atoms with Crippen LogP contribution in [0.5, 0.6) is 0 Å². The second kappa shape index (κ2) is 10.3. The number of nitrogens with one attached hydrogen (secondary N) is 2. The minimum atomic E-state index is -0.758. The van der Waals surface area contributed by atoms with E-state index in [1.165, 1.54) is 0 Å². The van der Waals surface area contributed by atoms with Gasteiger partial charge in [0.25, 0.3) is 5.91 Å². The maximum absolute atomic E-state index is 12.7. The predicted octanol–water partition coefficient (Wildman–Crippen LogP) is 1.93. The predicted molar refractivity (Wildman–Crippen MR) is 112 cm³/mol. The Morgan fingerprint density at radius 2 is 1.81 bits per heavy atom. The van der Waals surface area contributed by atoms with E-state index < -0.39 is 5.60 Å². The van der Waals surface area contributed by atoms with Gasteiger partial charge in [0, 0.05) is 37.4 Å². The van der Waals surface area contributed by atoms with Gasteiger partial charge in [-0.1, -0.05) is 12.1 Å². The Bertz CT molecular complexity index is 630. The quantitative estimate of drug-likeness (QED) is 0.771. The number of carbonyl (C=O) groups excluding carboxylic acids is 2. The molecule has 2 aliphatic rings. The number of hydrogen-bond acceptors (Lipinski definition) is 5. The van der Waals surface area contributed by atoms with Crippen LogP contribution in [0.2, 0.25) is 0 Å². The van der Waals surface area contributed by atoms with E-state index in [9.17, 15) is 9.59 Å². The molecule has 1 aromatic rings. The number of nitrogens with zero attached hydrogens (tertiary/aromatic N) is 1. The number of piperidine rings is 1. The number of hydrogen-bond donors (Lipinski definition) is 2. The van der Waals surface area contributed by atoms with Gasteiger partial charge in [0.2, 0.25) is 5.91 Å². The van der Waals surface area contributed by atoms with E-state index in [1.54, 1.807) is 7.11 Å². The number of anilines is 1. The fourth-order valence-corrected chi connectivity index (χ4v) is 4.31. The van der Waals surface area contributed by atoms with Crippen molar-refractivity contribution in [3.05, 3.63) is 29.8 Å². The van der Waals surface area contributed by atoms with E-state index in [2.05, 4.69) is 10.6 Å². The normalized spacial score (nSPS) is 19.1. The van der Waals surface area contributed by atoms with E-state index in [1.807, 2.05) is 40.9 Å². The molecule has 27 heavy (non-hydrogen) atoms. The molecule has 0 unspecified atom stereocenters. The van der Waals surface area contributed by atoms with Gasteiger partial charge in [-0.2, -0.15) is 11.8 Å². The van der Waals surface area contributed by atoms with Gasteiger partial charge in [-0.15, -0.1) is 12.4 Å². The first kappa shape index (κ1) is 22.0. The third-order valence-corrected chi connectivity index (χ3v) is 6.09. The molecule has 0 spiro atoms. The molecular formula is C19H28ClN3O3S. The molecule has 0 radical (unpaired) electrons. The molecule has 2 heterocycles. The van der Waals surface area contributed by atoms with Crippen molar-refractivity contribution in [1.82, 2.24) is 10.2 Å². The highest BCUT2D eigenvalue weighted by molar-refractivity contribution is 7.99. The summed E-state index contributed by atoms with van der Waals surface area (Å²) in [5.41, 5.74) is 0.941. The lowest BCUT2D eigenvalue weighted by Crippen LogP contribution is -2.51. The van der Waals surface area contributed by atoms with Crippen LogP contribution in [0.3, 0.4) is 0 Å². The van der Waals surface area contributed by atoms with Gasteiger partial charge in [-0.05, 0) is 43.6 Å². The van der Waals surface area contributed by atoms with Crippen LogP contribution in [0.4, 0.5) is 5.69 Å². The fraction of sp³-hybridized carbons (Fsp3) is 0.579. The third-order valence-electron chi connectivity index (χ3n) is 5.15. The van der Waals surface area contributed by atoms with Crippen molar-refractivity contribution in [2.24, 2.45) is 0 Å². The first-order chi connectivity index (χ1) is 12.6. The number of carbonyl (C=O) groups is 2. The van der Waals surface area contributed by atoms with Gasteiger partial charge < -0.3 is 20.3 Å². The van der Waals surface area contributed by atoms with E-state index in [0.29, 0.717) is 19.3 Å². The molecule has 2 amide bonds. The van der Waals surface area contributed by atoms with Gasteiger partial charge in [0.1, 0.15) is 5.60 Å². The van der Waals surface area contributed by atoms with Gasteiger partial charge in [0.15, 0.2) is 0 Å². The summed E-state index contributed by atoms with van der Waals surface area (Å²) in [5.74, 6) is 2.12. The maximum atomic E-state index is 12.7. The van der Waals surface area contributed by atoms with Gasteiger partial charge in [-0.3, -0.25) is 9.59 Å². The van der Waals surface area contributed by atoms with Crippen LogP contribution in [-0.4, -0.2) is 67.1 Å². The molecule has 0 aliphatic carbocycles. The highest BCUT2D eigenvalue weighted by Gasteiger charge is 2.39. The zero-order valence-electron chi connectivity index (χ0n) is 15.7. The minimum absolute atomic E-state index is 0. The molecule has 6 nitrogen and oxygen atoms in total. The minimum Gasteiger partial charge on any atom is -0.368 e. The van der Waals surface area contributed by atoms with Crippen LogP contribution in [0.15, 0.2) is 24.3 Å². The molecule has 0 atom stereocenters. The summed E-state index contributed by atoms with van der Waals surface area (Å²) in [6.45, 7) is 3.23. The van der Waals surface area contributed by atoms with Crippen LogP contribution >= 0.6 is 24.2 Å². The van der Waals surface area contributed by atoms with E-state index in [-0.39, 0.29) is 24.2 Å². The van der Waals surface area contributed by atoms with Crippen LogP contribution in [0.1, 0.15) is 18.4 Å². The number of thioether (sulfide) groups is 1. The molecule has 1 aromatic carbocycles. The van der Waals surface area contributed by atoms with Gasteiger partial charge >= 0.3 is 0 Å². The van der Waals surface area contributed by atoms with Crippen molar-refractivity contribution in [2.45, 2.75) is 24.9 Å². The Morgan fingerprint density at radius 1 is 1.19 bits per heavy atom. The standard InChI is InChI=1S/C19H27N3O3S.ClH/c1-25-19(6-8-20-9-7-19)18(24)21-16-4-2-15(3-5-16)14-17(23)22-10-12-26-13-11-22;/h2-5,20H,6-14H2,1H3,(H,21,24);1H. The molecule has 2 N–H and O–H groups in total. The number of rotatable bonds is 5. The lowest BCUT2D eigenvalue weighted by molar-refractivity contribution is -0.140. The second-order valence-electron chi connectivity index (χ2n) is 6.77. The Kier molecular flexibility index (Phi) is 8.41. The average molecular weight is 414 g/mol. The van der Waals surface area contributed by atoms with E-state index >= 15 is 0 Å². The molecule has 0 bridgehead atoms. The third kappa shape index (κ3) is 5.60. The van der Waals surface area contributed by atoms with Crippen LogP contribution < -0.4 is 10.6 Å². The summed E-state index contributed by atoms with van der Waals surface area (Å²) in [4.78, 5) is 26.9. The molecule has 2 saturated heterocycles. The van der Waals surface area contributed by atoms with E-state index in [0.717, 1.165) is 48.9 Å². The molecule has 2 fully saturated rings. The van der Waals surface area contributed by atoms with Gasteiger partial charge in [-0.25, -0.2) is 0 Å². The zero-order valence-corrected chi connectivity index (χ0v) is 17.3. The largest absolute Gasteiger partial charge is 0.368 e. The van der Waals surface area contributed by atoms with Crippen molar-refractivity contribution in [3.8, 4) is 0 Å². The van der Waals surface area contributed by atoms with E-state index in [4.69, 9.17) is 4.74 Å². The second-order valence-corrected chi connectivity index (χ2v) is 7.99. The molecule has 150 valence electrons. The fourth-order valence-electron chi connectivity index (χ4n) is 3.40. The Morgan fingerprint density at radius 3 is 2.41 bits per heavy atom. The van der Waals surface area contributed by atoms with Crippen LogP contribution in [0.25, 0.3) is 0 Å². The van der Waals surface area contributed by atoms with Crippen molar-refractivity contribution in [1.29, 1.82) is 0 Å². The lowest BCUT2D eigenvalue weighted by Gasteiger charge is -2.34. The highest BCUT2D eigenvalue weighted by atomic mass is 35.5. The summed E-state index contributed by atoms with van der Waals surface area (Å²) in [6, 6.07) is 7.54. The average Bonchev–Trinajstić information content (AvgIpc) is 2.70. The number of amides is 2. The molecule has 3 rings (SSSR count). The van der Waals surface area contributed by atoms with Crippen molar-refractivity contribution in [3.63, 3.8) is 0 Å². The maximum Gasteiger partial charge on any atom is 0.256 e. The number of benzene rings is 1. The topological polar surface area (TPSA) is 70.7 Å². The number of ether oxygens (including phenoxy) is 1. The highest BCUT2D eigenvalue weighted by Crippen LogP contribution is 2.24. The summed E-state index contributed by atoms with van der Waals surface area (Å²) >= 11 is 1.89. The van der Waals surface area contributed by atoms with Crippen molar-refractivity contribution >= 4 is 41.7 Å². The summed E-state index contributed by atoms with van der Waals surface area (Å²) in [7, 11) is 1.60. The Labute approximate surface area is 171 Å². The zero-order chi connectivity index (χ0) is 18.4. The summed E-state index contributed by atoms with van der Waals surface area (Å²) in [5, 5.41) is 6.21. The van der Waals surface area contributed by atoms with Gasteiger partial charge in [0.05, 0.1) is 6.42 Å². The van der Waals surface area contributed by atoms with Crippen molar-refractivity contribution < 1.29 is 14.3 Å². The Hall–Kier alpha value is -1.28. The molecular weight excluding hydrogens is 386 g/mol. The smallest absolute Gasteiger partial charge is 0.256 e. The first-order valence-corrected chi connectivity index (χ1v) is 10.3. The van der Waals surface area contributed by atoms with Crippen LogP contribution in [0, 0.1) is 0 Å². The molecule has 0 saturated carbocycles. The lowest BCUT2D eigenvalue weighted by atomic mass is 9.91. The number of methoxy groups -OCH3 is 1. The van der Waals surface area contributed by atoms with Crippen molar-refractivity contribution in [2.75, 3.05) is 50.1 Å². The summed E-state index contributed by atoms with van der Waals surface area (Å²) in [6.07, 6.45) is 1.73. The number of halogens is 1. The summed E-state index contributed by atoms with van der Waals surface area (Å²) < 4.78 is 5.55.